The molecule has 2 aromatic rings. The zero-order chi connectivity index (χ0) is 23.8. The molecule has 2 aliphatic rings. The van der Waals surface area contributed by atoms with E-state index in [4.69, 9.17) is 0 Å². The first-order valence-corrected chi connectivity index (χ1v) is 12.6. The van der Waals surface area contributed by atoms with Crippen molar-refractivity contribution in [1.82, 2.24) is 10.6 Å². The summed E-state index contributed by atoms with van der Waals surface area (Å²) in [7, 11) is 0. The molecule has 0 radical (unpaired) electrons. The Bertz CT molecular complexity index is 871. The van der Waals surface area contributed by atoms with E-state index in [1.54, 1.807) is 0 Å². The van der Waals surface area contributed by atoms with Gasteiger partial charge in [0.25, 0.3) is 0 Å². The highest BCUT2D eigenvalue weighted by Crippen LogP contribution is 2.31. The number of hydrogen-bond donors (Lipinski definition) is 2. The Labute approximate surface area is 199 Å². The molecule has 178 valence electrons. The van der Waals surface area contributed by atoms with Crippen LogP contribution in [0.15, 0.2) is 60.7 Å². The second kappa shape index (κ2) is 12.0. The number of rotatable bonds is 8. The second-order valence-electron chi connectivity index (χ2n) is 10.2. The van der Waals surface area contributed by atoms with E-state index < -0.39 is 0 Å². The maximum atomic E-state index is 12.0. The third kappa shape index (κ3) is 7.45. The van der Waals surface area contributed by atoms with Crippen molar-refractivity contribution in [3.05, 3.63) is 71.8 Å². The zero-order valence-corrected chi connectivity index (χ0v) is 20.6. The fourth-order valence-electron chi connectivity index (χ4n) is 4.15. The lowest BCUT2D eigenvalue weighted by Crippen LogP contribution is -2.38. The van der Waals surface area contributed by atoms with Gasteiger partial charge in [-0.25, -0.2) is 0 Å². The summed E-state index contributed by atoms with van der Waals surface area (Å²) in [5, 5.41) is 6.35. The molecule has 0 unspecified atom stereocenters. The molecule has 2 amide bonds. The minimum absolute atomic E-state index is 0.143. The Morgan fingerprint density at radius 2 is 1.00 bits per heavy atom. The molecular formula is C29H40N2O2. The van der Waals surface area contributed by atoms with Crippen LogP contribution in [0.5, 0.6) is 0 Å². The topological polar surface area (TPSA) is 58.2 Å². The lowest BCUT2D eigenvalue weighted by molar-refractivity contribution is -0.128. The van der Waals surface area contributed by atoms with Crippen LogP contribution >= 0.6 is 0 Å². The largest absolute Gasteiger partial charge is 0.349 e. The quantitative estimate of drug-likeness (QED) is 0.504. The third-order valence-electron chi connectivity index (χ3n) is 6.67. The van der Waals surface area contributed by atoms with Gasteiger partial charge in [-0.1, -0.05) is 94.8 Å². The molecule has 0 saturated heterocycles. The molecule has 0 aromatic heterocycles. The monoisotopic (exact) mass is 448 g/mol. The van der Waals surface area contributed by atoms with Gasteiger partial charge in [-0.05, 0) is 48.6 Å². The lowest BCUT2D eigenvalue weighted by Gasteiger charge is -2.29. The highest BCUT2D eigenvalue weighted by molar-refractivity contribution is 5.81. The van der Waals surface area contributed by atoms with Crippen molar-refractivity contribution in [2.45, 2.75) is 71.9 Å². The molecule has 2 aliphatic carbocycles. The van der Waals surface area contributed by atoms with Crippen molar-refractivity contribution in [2.24, 2.45) is 23.7 Å². The van der Waals surface area contributed by atoms with E-state index in [2.05, 4.69) is 62.6 Å². The van der Waals surface area contributed by atoms with Crippen LogP contribution in [0.3, 0.4) is 0 Å². The van der Waals surface area contributed by atoms with Gasteiger partial charge in [0.2, 0.25) is 11.8 Å². The van der Waals surface area contributed by atoms with E-state index in [-0.39, 0.29) is 35.7 Å². The average molecular weight is 449 g/mol. The number of carbonyl (C=O) groups is 2. The summed E-state index contributed by atoms with van der Waals surface area (Å²) in [6, 6.07) is 20.7. The Morgan fingerprint density at radius 3 is 1.27 bits per heavy atom. The summed E-state index contributed by atoms with van der Waals surface area (Å²) in [6.07, 6.45) is 5.45. The van der Waals surface area contributed by atoms with E-state index in [9.17, 15) is 9.59 Å². The summed E-state index contributed by atoms with van der Waals surface area (Å²) in [4.78, 5) is 23.8. The van der Waals surface area contributed by atoms with Crippen LogP contribution in [-0.4, -0.2) is 11.8 Å². The first kappa shape index (κ1) is 25.0. The van der Waals surface area contributed by atoms with E-state index >= 15 is 0 Å². The molecule has 2 saturated carbocycles. The number of hydrogen-bond acceptors (Lipinski definition) is 2. The molecule has 4 heteroatoms. The van der Waals surface area contributed by atoms with Crippen LogP contribution in [0.2, 0.25) is 0 Å². The number of nitrogens with one attached hydrogen (secondary N) is 2. The first-order chi connectivity index (χ1) is 15.9. The normalized spacial score (nSPS) is 17.4. The maximum absolute atomic E-state index is 12.0. The molecule has 2 N–H and O–H groups in total. The zero-order valence-electron chi connectivity index (χ0n) is 20.6. The second-order valence-corrected chi connectivity index (χ2v) is 10.2. The van der Waals surface area contributed by atoms with Crippen LogP contribution in [0, 0.1) is 23.7 Å². The van der Waals surface area contributed by atoms with Crippen LogP contribution in [0.1, 0.15) is 83.0 Å². The Kier molecular flexibility index (Phi) is 9.11. The van der Waals surface area contributed by atoms with Gasteiger partial charge in [0.15, 0.2) is 0 Å². The van der Waals surface area contributed by atoms with Gasteiger partial charge in [-0.2, -0.15) is 0 Å². The maximum Gasteiger partial charge on any atom is 0.223 e. The van der Waals surface area contributed by atoms with E-state index in [0.29, 0.717) is 11.8 Å². The van der Waals surface area contributed by atoms with Gasteiger partial charge in [-0.15, -0.1) is 0 Å². The van der Waals surface area contributed by atoms with Gasteiger partial charge in [0, 0.05) is 11.8 Å². The van der Waals surface area contributed by atoms with Crippen molar-refractivity contribution in [1.29, 1.82) is 0 Å². The number of carbonyl (C=O) groups excluding carboxylic acids is 2. The predicted octanol–water partition coefficient (Wildman–Crippen LogP) is 6.21. The van der Waals surface area contributed by atoms with Crippen molar-refractivity contribution < 1.29 is 9.59 Å². The minimum Gasteiger partial charge on any atom is -0.349 e. The van der Waals surface area contributed by atoms with E-state index in [1.807, 2.05) is 36.4 Å². The van der Waals surface area contributed by atoms with Crippen LogP contribution in [-0.2, 0) is 9.59 Å². The predicted molar refractivity (Wildman–Crippen MR) is 134 cm³/mol. The fourth-order valence-corrected chi connectivity index (χ4v) is 4.15. The lowest BCUT2D eigenvalue weighted by atomic mass is 9.84. The van der Waals surface area contributed by atoms with Crippen molar-refractivity contribution in [3.8, 4) is 0 Å². The molecule has 0 bridgehead atoms. The minimum atomic E-state index is 0.143. The first-order valence-electron chi connectivity index (χ1n) is 12.6. The molecule has 33 heavy (non-hydrogen) atoms. The summed E-state index contributed by atoms with van der Waals surface area (Å²) < 4.78 is 0. The smallest absolute Gasteiger partial charge is 0.223 e. The Hall–Kier alpha value is -2.62. The molecule has 2 aromatic carbocycles. The van der Waals surface area contributed by atoms with E-state index in [1.165, 1.54) is 17.5 Å². The molecule has 0 spiro atoms. The summed E-state index contributed by atoms with van der Waals surface area (Å²) in [6.45, 7) is 8.59. The van der Waals surface area contributed by atoms with Crippen molar-refractivity contribution >= 4 is 11.8 Å². The van der Waals surface area contributed by atoms with Crippen LogP contribution in [0.4, 0.5) is 0 Å². The molecule has 2 fully saturated rings. The van der Waals surface area contributed by atoms with Gasteiger partial charge in [0.1, 0.15) is 0 Å². The molecule has 0 aliphatic heterocycles. The SMILES string of the molecule is CC(C)[C@H](NC(=O)C1CC1)c1ccccc1.CC(C)[C@H](NC(=O)C1CCC1)c1ccccc1. The number of benzene rings is 2. The molecule has 4 nitrogen and oxygen atoms in total. The van der Waals surface area contributed by atoms with Crippen LogP contribution in [0.25, 0.3) is 0 Å². The van der Waals surface area contributed by atoms with E-state index in [0.717, 1.165) is 25.7 Å². The Morgan fingerprint density at radius 1 is 0.636 bits per heavy atom. The number of amides is 2. The van der Waals surface area contributed by atoms with Crippen LogP contribution < -0.4 is 10.6 Å². The molecule has 0 heterocycles. The highest BCUT2D eigenvalue weighted by Gasteiger charge is 2.32. The van der Waals surface area contributed by atoms with Gasteiger partial charge in [0.05, 0.1) is 12.1 Å². The molecule has 2 atom stereocenters. The van der Waals surface area contributed by atoms with Gasteiger partial charge in [-0.3, -0.25) is 9.59 Å². The summed E-state index contributed by atoms with van der Waals surface area (Å²) in [5.74, 6) is 1.85. The summed E-state index contributed by atoms with van der Waals surface area (Å²) in [5.41, 5.74) is 2.40. The summed E-state index contributed by atoms with van der Waals surface area (Å²) >= 11 is 0. The Balaban J connectivity index is 0.000000186. The molecular weight excluding hydrogens is 408 g/mol. The van der Waals surface area contributed by atoms with Gasteiger partial charge >= 0.3 is 0 Å². The third-order valence-corrected chi connectivity index (χ3v) is 6.67. The molecule has 4 rings (SSSR count). The average Bonchev–Trinajstić information content (AvgIpc) is 3.61. The van der Waals surface area contributed by atoms with Crippen molar-refractivity contribution in [3.63, 3.8) is 0 Å². The fraction of sp³-hybridized carbons (Fsp3) is 0.517. The standard InChI is InChI=1S/C15H21NO.C14H19NO/c1-11(2)14(12-7-4-3-5-8-12)16-15(17)13-9-6-10-13;1-10(2)13(11-6-4-3-5-7-11)15-14(16)12-8-9-12/h3-5,7-8,11,13-14H,6,9-10H2,1-2H3,(H,16,17);3-7,10,12-13H,8-9H2,1-2H3,(H,15,16)/t14-;13-/m00/s1. The highest BCUT2D eigenvalue weighted by atomic mass is 16.2. The van der Waals surface area contributed by atoms with Crippen molar-refractivity contribution in [2.75, 3.05) is 0 Å². The van der Waals surface area contributed by atoms with Gasteiger partial charge < -0.3 is 10.6 Å².